The summed E-state index contributed by atoms with van der Waals surface area (Å²) in [7, 11) is 0. The minimum absolute atomic E-state index is 0.206. The molecule has 2 rings (SSSR count). The molecule has 15 heavy (non-hydrogen) atoms. The lowest BCUT2D eigenvalue weighted by Gasteiger charge is -2.11. The van der Waals surface area contributed by atoms with Crippen molar-refractivity contribution in [3.8, 4) is 0 Å². The number of allylic oxidation sites excluding steroid dienone is 1. The van der Waals surface area contributed by atoms with E-state index in [9.17, 15) is 4.79 Å². The summed E-state index contributed by atoms with van der Waals surface area (Å²) >= 11 is 0. The second-order valence-corrected chi connectivity index (χ2v) is 4.21. The van der Waals surface area contributed by atoms with Crippen molar-refractivity contribution in [3.05, 3.63) is 40.5 Å². The number of hydrogen-bond acceptors (Lipinski definition) is 1. The van der Waals surface area contributed by atoms with Gasteiger partial charge in [0.15, 0.2) is 0 Å². The molecule has 0 aliphatic heterocycles. The molecule has 0 radical (unpaired) electrons. The number of carbonyl (C=O) groups is 1. The summed E-state index contributed by atoms with van der Waals surface area (Å²) in [6.07, 6.45) is 3.15. The van der Waals surface area contributed by atoms with Gasteiger partial charge in [-0.05, 0) is 37.0 Å². The highest BCUT2D eigenvalue weighted by molar-refractivity contribution is 5.84. The van der Waals surface area contributed by atoms with E-state index in [2.05, 4.69) is 19.1 Å². The number of benzene rings is 1. The Labute approximate surface area is 89.8 Å². The molecule has 2 heteroatoms. The maximum atomic E-state index is 11.2. The Balaban J connectivity index is 2.50. The Morgan fingerprint density at radius 3 is 2.87 bits per heavy atom. The van der Waals surface area contributed by atoms with Crippen molar-refractivity contribution < 1.29 is 4.79 Å². The first-order valence-corrected chi connectivity index (χ1v) is 5.18. The van der Waals surface area contributed by atoms with Gasteiger partial charge in [0.25, 0.3) is 0 Å². The standard InChI is InChI=1S/C13H15NO/c1-8-6-10-4-3-5-11(12(10)7-8)9(2)13(14)15/h3-5,7,9H,6H2,1-2H3,(H2,14,15). The van der Waals surface area contributed by atoms with Crippen LogP contribution in [0.25, 0.3) is 6.08 Å². The Morgan fingerprint density at radius 1 is 1.47 bits per heavy atom. The van der Waals surface area contributed by atoms with Crippen LogP contribution in [0.5, 0.6) is 0 Å². The smallest absolute Gasteiger partial charge is 0.224 e. The van der Waals surface area contributed by atoms with Gasteiger partial charge in [0.05, 0.1) is 5.92 Å². The fourth-order valence-electron chi connectivity index (χ4n) is 2.09. The first kappa shape index (κ1) is 9.97. The maximum Gasteiger partial charge on any atom is 0.224 e. The van der Waals surface area contributed by atoms with Crippen molar-refractivity contribution >= 4 is 12.0 Å². The van der Waals surface area contributed by atoms with Crippen LogP contribution in [0.4, 0.5) is 0 Å². The van der Waals surface area contributed by atoms with Gasteiger partial charge in [-0.15, -0.1) is 0 Å². The SMILES string of the molecule is CC1=Cc2c(cccc2C(C)C(N)=O)C1. The molecule has 0 aromatic heterocycles. The highest BCUT2D eigenvalue weighted by Crippen LogP contribution is 2.31. The van der Waals surface area contributed by atoms with Crippen LogP contribution in [0.2, 0.25) is 0 Å². The van der Waals surface area contributed by atoms with E-state index >= 15 is 0 Å². The predicted molar refractivity (Wildman–Crippen MR) is 61.4 cm³/mol. The van der Waals surface area contributed by atoms with Crippen LogP contribution in [-0.4, -0.2) is 5.91 Å². The van der Waals surface area contributed by atoms with Crippen molar-refractivity contribution in [2.75, 3.05) is 0 Å². The van der Waals surface area contributed by atoms with Gasteiger partial charge in [0.1, 0.15) is 0 Å². The molecule has 1 aromatic carbocycles. The van der Waals surface area contributed by atoms with Crippen molar-refractivity contribution in [1.82, 2.24) is 0 Å². The Kier molecular flexibility index (Phi) is 2.35. The summed E-state index contributed by atoms with van der Waals surface area (Å²) in [5.74, 6) is -0.469. The van der Waals surface area contributed by atoms with Gasteiger partial charge < -0.3 is 5.73 Å². The molecule has 2 nitrogen and oxygen atoms in total. The third kappa shape index (κ3) is 1.67. The van der Waals surface area contributed by atoms with Crippen LogP contribution in [0.1, 0.15) is 36.5 Å². The van der Waals surface area contributed by atoms with Gasteiger partial charge in [0, 0.05) is 0 Å². The fourth-order valence-corrected chi connectivity index (χ4v) is 2.09. The van der Waals surface area contributed by atoms with Gasteiger partial charge in [-0.2, -0.15) is 0 Å². The number of hydrogen-bond donors (Lipinski definition) is 1. The number of carbonyl (C=O) groups excluding carboxylic acids is 1. The fraction of sp³-hybridized carbons (Fsp3) is 0.308. The number of amides is 1. The lowest BCUT2D eigenvalue weighted by molar-refractivity contribution is -0.119. The van der Waals surface area contributed by atoms with Crippen molar-refractivity contribution in [3.63, 3.8) is 0 Å². The Hall–Kier alpha value is -1.57. The Morgan fingerprint density at radius 2 is 2.20 bits per heavy atom. The molecule has 1 aliphatic carbocycles. The number of primary amides is 1. The summed E-state index contributed by atoms with van der Waals surface area (Å²) in [4.78, 5) is 11.2. The Bertz CT molecular complexity index is 446. The molecule has 0 saturated heterocycles. The van der Waals surface area contributed by atoms with Crippen LogP contribution in [0.15, 0.2) is 23.8 Å². The molecular formula is C13H15NO. The highest BCUT2D eigenvalue weighted by atomic mass is 16.1. The summed E-state index contributed by atoms with van der Waals surface area (Å²) in [6, 6.07) is 6.10. The van der Waals surface area contributed by atoms with E-state index in [0.29, 0.717) is 0 Å². The molecule has 78 valence electrons. The number of nitrogens with two attached hydrogens (primary N) is 1. The minimum Gasteiger partial charge on any atom is -0.369 e. The molecule has 1 aromatic rings. The normalized spacial score (nSPS) is 15.7. The molecule has 1 amide bonds. The van der Waals surface area contributed by atoms with E-state index in [0.717, 1.165) is 12.0 Å². The average molecular weight is 201 g/mol. The third-order valence-electron chi connectivity index (χ3n) is 2.98. The van der Waals surface area contributed by atoms with Gasteiger partial charge >= 0.3 is 0 Å². The second-order valence-electron chi connectivity index (χ2n) is 4.21. The number of rotatable bonds is 2. The molecule has 1 aliphatic rings. The van der Waals surface area contributed by atoms with Crippen LogP contribution in [-0.2, 0) is 11.2 Å². The van der Waals surface area contributed by atoms with Crippen molar-refractivity contribution in [2.24, 2.45) is 5.73 Å². The third-order valence-corrected chi connectivity index (χ3v) is 2.98. The van der Waals surface area contributed by atoms with Gasteiger partial charge in [-0.3, -0.25) is 4.79 Å². The maximum absolute atomic E-state index is 11.2. The predicted octanol–water partition coefficient (Wildman–Crippen LogP) is 2.23. The van der Waals surface area contributed by atoms with Crippen LogP contribution >= 0.6 is 0 Å². The van der Waals surface area contributed by atoms with E-state index in [4.69, 9.17) is 5.73 Å². The molecule has 0 heterocycles. The molecule has 0 bridgehead atoms. The van der Waals surface area contributed by atoms with Crippen LogP contribution < -0.4 is 5.73 Å². The van der Waals surface area contributed by atoms with E-state index in [1.165, 1.54) is 16.7 Å². The summed E-state index contributed by atoms with van der Waals surface area (Å²) in [5, 5.41) is 0. The van der Waals surface area contributed by atoms with Crippen LogP contribution in [0, 0.1) is 0 Å². The molecule has 0 fully saturated rings. The second kappa shape index (κ2) is 3.54. The van der Waals surface area contributed by atoms with Gasteiger partial charge in [-0.1, -0.05) is 29.8 Å². The average Bonchev–Trinajstić information content (AvgIpc) is 2.56. The molecule has 2 N–H and O–H groups in total. The topological polar surface area (TPSA) is 43.1 Å². The summed E-state index contributed by atoms with van der Waals surface area (Å²) in [5.41, 5.74) is 10.2. The van der Waals surface area contributed by atoms with Crippen LogP contribution in [0.3, 0.4) is 0 Å². The van der Waals surface area contributed by atoms with E-state index in [1.807, 2.05) is 19.1 Å². The zero-order valence-corrected chi connectivity index (χ0v) is 9.08. The summed E-state index contributed by atoms with van der Waals surface area (Å²) in [6.45, 7) is 3.97. The molecular weight excluding hydrogens is 186 g/mol. The number of fused-ring (bicyclic) bond motifs is 1. The van der Waals surface area contributed by atoms with Gasteiger partial charge in [0.2, 0.25) is 5.91 Å². The molecule has 0 spiro atoms. The monoisotopic (exact) mass is 201 g/mol. The van der Waals surface area contributed by atoms with E-state index < -0.39 is 0 Å². The first-order chi connectivity index (χ1) is 7.09. The van der Waals surface area contributed by atoms with Crippen molar-refractivity contribution in [2.45, 2.75) is 26.2 Å². The highest BCUT2D eigenvalue weighted by Gasteiger charge is 2.19. The van der Waals surface area contributed by atoms with Crippen molar-refractivity contribution in [1.29, 1.82) is 0 Å². The quantitative estimate of drug-likeness (QED) is 0.783. The molecule has 0 saturated carbocycles. The zero-order chi connectivity index (χ0) is 11.0. The van der Waals surface area contributed by atoms with E-state index in [-0.39, 0.29) is 11.8 Å². The van der Waals surface area contributed by atoms with Gasteiger partial charge in [-0.25, -0.2) is 0 Å². The molecule has 1 atom stereocenters. The zero-order valence-electron chi connectivity index (χ0n) is 9.08. The minimum atomic E-state index is -0.263. The lowest BCUT2D eigenvalue weighted by atomic mass is 9.93. The first-order valence-electron chi connectivity index (χ1n) is 5.18. The summed E-state index contributed by atoms with van der Waals surface area (Å²) < 4.78 is 0. The molecule has 1 unspecified atom stereocenters. The van der Waals surface area contributed by atoms with E-state index in [1.54, 1.807) is 0 Å². The lowest BCUT2D eigenvalue weighted by Crippen LogP contribution is -2.19. The largest absolute Gasteiger partial charge is 0.369 e.